The van der Waals surface area contributed by atoms with E-state index in [2.05, 4.69) is 5.32 Å². The second-order valence-corrected chi connectivity index (χ2v) is 8.82. The van der Waals surface area contributed by atoms with Crippen molar-refractivity contribution in [1.29, 1.82) is 0 Å². The fraction of sp³-hybridized carbons (Fsp3) is 0.375. The Morgan fingerprint density at radius 3 is 2.55 bits per heavy atom. The number of piperidine rings is 1. The molecule has 2 heterocycles. The molecule has 1 fully saturated rings. The van der Waals surface area contributed by atoms with E-state index in [0.717, 1.165) is 11.1 Å². The molecule has 0 aliphatic carbocycles. The van der Waals surface area contributed by atoms with Gasteiger partial charge in [-0.1, -0.05) is 17.7 Å². The molecule has 7 heteroatoms. The van der Waals surface area contributed by atoms with Crippen molar-refractivity contribution in [2.75, 3.05) is 18.4 Å². The Kier molecular flexibility index (Phi) is 5.52. The Bertz CT molecular complexity index is 1090. The summed E-state index contributed by atoms with van der Waals surface area (Å²) in [5.74, 6) is 0.362. The third-order valence-electron chi connectivity index (χ3n) is 6.12. The van der Waals surface area contributed by atoms with Crippen LogP contribution in [0.2, 0.25) is 5.02 Å². The molecular weight excluding hydrogens is 416 g/mol. The zero-order chi connectivity index (χ0) is 22.3. The average Bonchev–Trinajstić information content (AvgIpc) is 2.71. The van der Waals surface area contributed by atoms with Crippen LogP contribution in [0, 0.1) is 13.8 Å². The number of nitrogens with one attached hydrogen (secondary N) is 1. The van der Waals surface area contributed by atoms with Gasteiger partial charge in [0.05, 0.1) is 12.0 Å². The van der Waals surface area contributed by atoms with Crippen LogP contribution in [0.15, 0.2) is 30.3 Å². The van der Waals surface area contributed by atoms with Crippen LogP contribution in [-0.4, -0.2) is 41.2 Å². The van der Waals surface area contributed by atoms with Crippen LogP contribution >= 0.6 is 11.6 Å². The van der Waals surface area contributed by atoms with Crippen molar-refractivity contribution in [3.8, 4) is 5.75 Å². The van der Waals surface area contributed by atoms with Crippen molar-refractivity contribution < 1.29 is 19.1 Å². The van der Waals surface area contributed by atoms with E-state index in [1.165, 1.54) is 6.92 Å². The van der Waals surface area contributed by atoms with Crippen LogP contribution in [0.5, 0.6) is 5.75 Å². The molecule has 2 aliphatic rings. The van der Waals surface area contributed by atoms with E-state index in [1.807, 2.05) is 19.9 Å². The summed E-state index contributed by atoms with van der Waals surface area (Å²) < 4.78 is 6.38. The number of aryl methyl sites for hydroxylation is 1. The molecule has 6 nitrogen and oxygen atoms in total. The molecule has 2 aromatic carbocycles. The molecule has 2 aromatic rings. The van der Waals surface area contributed by atoms with Crippen molar-refractivity contribution in [3.63, 3.8) is 0 Å². The van der Waals surface area contributed by atoms with Crippen LogP contribution in [0.3, 0.4) is 0 Å². The summed E-state index contributed by atoms with van der Waals surface area (Å²) in [7, 11) is 0. The summed E-state index contributed by atoms with van der Waals surface area (Å²) in [6.07, 6.45) is 1.45. The van der Waals surface area contributed by atoms with E-state index in [-0.39, 0.29) is 17.6 Å². The number of halogens is 1. The molecule has 1 spiro atoms. The maximum atomic E-state index is 13.0. The first kappa shape index (κ1) is 21.4. The SMILES string of the molecule is CC(=O)Nc1cccc(C(=O)N2CCC3(CC2)CC(=O)c2c(cc(C)c(Cl)c2C)O3)c1. The number of fused-ring (bicyclic) bond motifs is 1. The van der Waals surface area contributed by atoms with Crippen LogP contribution in [0.4, 0.5) is 5.69 Å². The van der Waals surface area contributed by atoms with Crippen molar-refractivity contribution in [2.45, 2.75) is 45.6 Å². The highest BCUT2D eigenvalue weighted by molar-refractivity contribution is 6.32. The normalized spacial score (nSPS) is 17.2. The molecule has 0 radical (unpaired) electrons. The molecule has 162 valence electrons. The lowest BCUT2D eigenvalue weighted by molar-refractivity contribution is -0.114. The van der Waals surface area contributed by atoms with E-state index in [1.54, 1.807) is 29.2 Å². The Hall–Kier alpha value is -2.86. The van der Waals surface area contributed by atoms with Crippen LogP contribution < -0.4 is 10.1 Å². The third-order valence-corrected chi connectivity index (χ3v) is 6.71. The largest absolute Gasteiger partial charge is 0.486 e. The van der Waals surface area contributed by atoms with Crippen LogP contribution in [-0.2, 0) is 4.79 Å². The first-order valence-corrected chi connectivity index (χ1v) is 10.8. The first-order valence-electron chi connectivity index (χ1n) is 10.4. The number of hydrogen-bond acceptors (Lipinski definition) is 4. The van der Waals surface area contributed by atoms with Gasteiger partial charge < -0.3 is 15.0 Å². The standard InChI is InChI=1S/C24H25ClN2O4/c1-14-11-20-21(15(2)22(14)25)19(29)13-24(31-20)7-9-27(10-8-24)23(30)17-5-4-6-18(12-17)26-16(3)28/h4-6,11-12H,7-10,13H2,1-3H3,(H,26,28). The van der Waals surface area contributed by atoms with Gasteiger partial charge in [0.25, 0.3) is 5.91 Å². The molecule has 0 unspecified atom stereocenters. The molecule has 0 aromatic heterocycles. The first-order chi connectivity index (χ1) is 14.7. The highest BCUT2D eigenvalue weighted by Crippen LogP contribution is 2.43. The number of rotatable bonds is 2. The van der Waals surface area contributed by atoms with Gasteiger partial charge in [-0.25, -0.2) is 0 Å². The quantitative estimate of drug-likeness (QED) is 0.743. The number of ketones is 1. The summed E-state index contributed by atoms with van der Waals surface area (Å²) in [4.78, 5) is 39.0. The minimum Gasteiger partial charge on any atom is -0.486 e. The maximum Gasteiger partial charge on any atom is 0.253 e. The zero-order valence-electron chi connectivity index (χ0n) is 17.9. The molecule has 2 amide bonds. The summed E-state index contributed by atoms with van der Waals surface area (Å²) in [6.45, 7) is 6.18. The molecular formula is C24H25ClN2O4. The molecule has 2 aliphatic heterocycles. The highest BCUT2D eigenvalue weighted by atomic mass is 35.5. The number of nitrogens with zero attached hydrogens (tertiary/aromatic N) is 1. The van der Waals surface area contributed by atoms with Crippen LogP contribution in [0.1, 0.15) is 58.0 Å². The van der Waals surface area contributed by atoms with Crippen molar-refractivity contribution >= 4 is 34.9 Å². The number of ether oxygens (including phenoxy) is 1. The fourth-order valence-corrected chi connectivity index (χ4v) is 4.66. The predicted octanol–water partition coefficient (Wildman–Crippen LogP) is 4.56. The lowest BCUT2D eigenvalue weighted by Crippen LogP contribution is -2.52. The second kappa shape index (κ2) is 8.00. The van der Waals surface area contributed by atoms with Gasteiger partial charge in [0, 0.05) is 49.1 Å². The van der Waals surface area contributed by atoms with Gasteiger partial charge in [0.15, 0.2) is 5.78 Å². The van der Waals surface area contributed by atoms with Crippen molar-refractivity contribution in [1.82, 2.24) is 4.90 Å². The number of benzene rings is 2. The number of likely N-dealkylation sites (tertiary alicyclic amines) is 1. The van der Waals surface area contributed by atoms with Gasteiger partial charge in [-0.3, -0.25) is 14.4 Å². The average molecular weight is 441 g/mol. The Labute approximate surface area is 186 Å². The molecule has 1 saturated heterocycles. The Balaban J connectivity index is 1.49. The minimum atomic E-state index is -0.592. The van der Waals surface area contributed by atoms with Gasteiger partial charge in [-0.05, 0) is 49.2 Å². The predicted molar refractivity (Wildman–Crippen MR) is 119 cm³/mol. The van der Waals surface area contributed by atoms with Gasteiger partial charge in [0.1, 0.15) is 11.4 Å². The van der Waals surface area contributed by atoms with E-state index in [4.69, 9.17) is 16.3 Å². The van der Waals surface area contributed by atoms with Crippen LogP contribution in [0.25, 0.3) is 0 Å². The summed E-state index contributed by atoms with van der Waals surface area (Å²) in [5.41, 5.74) is 2.75. The van der Waals surface area contributed by atoms with E-state index < -0.39 is 5.60 Å². The number of anilines is 1. The Morgan fingerprint density at radius 1 is 1.16 bits per heavy atom. The summed E-state index contributed by atoms with van der Waals surface area (Å²) in [6, 6.07) is 8.76. The molecule has 4 rings (SSSR count). The number of carbonyl (C=O) groups excluding carboxylic acids is 3. The van der Waals surface area contributed by atoms with Gasteiger partial charge in [0.2, 0.25) is 5.91 Å². The van der Waals surface area contributed by atoms with Gasteiger partial charge >= 0.3 is 0 Å². The number of hydrogen-bond donors (Lipinski definition) is 1. The topological polar surface area (TPSA) is 75.7 Å². The third kappa shape index (κ3) is 4.04. The monoisotopic (exact) mass is 440 g/mol. The summed E-state index contributed by atoms with van der Waals surface area (Å²) in [5, 5.41) is 3.31. The fourth-order valence-electron chi connectivity index (χ4n) is 4.51. The Morgan fingerprint density at radius 2 is 1.87 bits per heavy atom. The molecule has 0 bridgehead atoms. The molecule has 31 heavy (non-hydrogen) atoms. The van der Waals surface area contributed by atoms with Crippen molar-refractivity contribution in [2.24, 2.45) is 0 Å². The number of amides is 2. The van der Waals surface area contributed by atoms with E-state index in [0.29, 0.717) is 59.9 Å². The van der Waals surface area contributed by atoms with E-state index >= 15 is 0 Å². The zero-order valence-corrected chi connectivity index (χ0v) is 18.6. The number of Topliss-reactive ketones (excluding diaryl/α,β-unsaturated/α-hetero) is 1. The molecule has 1 N–H and O–H groups in total. The minimum absolute atomic E-state index is 0.0448. The molecule has 0 atom stereocenters. The maximum absolute atomic E-state index is 13.0. The smallest absolute Gasteiger partial charge is 0.253 e. The lowest BCUT2D eigenvalue weighted by Gasteiger charge is -2.44. The van der Waals surface area contributed by atoms with E-state index in [9.17, 15) is 14.4 Å². The lowest BCUT2D eigenvalue weighted by atomic mass is 9.81. The van der Waals surface area contributed by atoms with Gasteiger partial charge in [-0.2, -0.15) is 0 Å². The van der Waals surface area contributed by atoms with Gasteiger partial charge in [-0.15, -0.1) is 0 Å². The second-order valence-electron chi connectivity index (χ2n) is 8.44. The van der Waals surface area contributed by atoms with Crippen molar-refractivity contribution in [3.05, 3.63) is 57.6 Å². The summed E-state index contributed by atoms with van der Waals surface area (Å²) >= 11 is 6.33. The highest BCUT2D eigenvalue weighted by Gasteiger charge is 2.44. The molecule has 0 saturated carbocycles. The number of carbonyl (C=O) groups is 3.